The van der Waals surface area contributed by atoms with Gasteiger partial charge in [-0.2, -0.15) is 0 Å². The highest BCUT2D eigenvalue weighted by atomic mass is 16.4. The summed E-state index contributed by atoms with van der Waals surface area (Å²) in [6.07, 6.45) is 3.33. The number of anilines is 1. The molecule has 2 aromatic rings. The SMILES string of the molecule is CC(C)CC[C@@H](C)NC(=O)Nc1cccc(-c2nnco2)c1. The normalized spacial score (nSPS) is 12.2. The standard InChI is InChI=1S/C16H22N4O2/c1-11(2)7-8-12(3)18-16(21)19-14-6-4-5-13(9-14)15-20-17-10-22-15/h4-6,9-12H,7-8H2,1-3H3,(H2,18,19,21)/t12-/m1/s1. The second-order valence-electron chi connectivity index (χ2n) is 5.80. The summed E-state index contributed by atoms with van der Waals surface area (Å²) in [4.78, 5) is 12.0. The van der Waals surface area contributed by atoms with Crippen LogP contribution in [0, 0.1) is 5.92 Å². The van der Waals surface area contributed by atoms with Crippen LogP contribution < -0.4 is 10.6 Å². The summed E-state index contributed by atoms with van der Waals surface area (Å²) < 4.78 is 5.15. The first-order valence-electron chi connectivity index (χ1n) is 7.48. The maximum atomic E-state index is 12.0. The predicted molar refractivity (Wildman–Crippen MR) is 85.4 cm³/mol. The third kappa shape index (κ3) is 4.87. The smallest absolute Gasteiger partial charge is 0.319 e. The Kier molecular flexibility index (Phi) is 5.52. The van der Waals surface area contributed by atoms with Gasteiger partial charge < -0.3 is 15.1 Å². The molecule has 2 rings (SSSR count). The molecule has 0 aliphatic heterocycles. The molecule has 0 aliphatic rings. The van der Waals surface area contributed by atoms with Gasteiger partial charge >= 0.3 is 6.03 Å². The zero-order valence-corrected chi connectivity index (χ0v) is 13.2. The summed E-state index contributed by atoms with van der Waals surface area (Å²) in [5.74, 6) is 1.06. The first-order chi connectivity index (χ1) is 10.5. The van der Waals surface area contributed by atoms with Crippen molar-refractivity contribution in [1.29, 1.82) is 0 Å². The lowest BCUT2D eigenvalue weighted by molar-refractivity contribution is 0.248. The van der Waals surface area contributed by atoms with E-state index >= 15 is 0 Å². The number of carbonyl (C=O) groups is 1. The van der Waals surface area contributed by atoms with Gasteiger partial charge in [0, 0.05) is 17.3 Å². The van der Waals surface area contributed by atoms with Gasteiger partial charge in [-0.25, -0.2) is 4.79 Å². The number of carbonyl (C=O) groups excluding carboxylic acids is 1. The first-order valence-corrected chi connectivity index (χ1v) is 7.48. The maximum absolute atomic E-state index is 12.0. The van der Waals surface area contributed by atoms with Gasteiger partial charge in [-0.05, 0) is 43.9 Å². The lowest BCUT2D eigenvalue weighted by Gasteiger charge is -2.15. The van der Waals surface area contributed by atoms with Crippen molar-refractivity contribution in [3.05, 3.63) is 30.7 Å². The van der Waals surface area contributed by atoms with Crippen LogP contribution in [0.15, 0.2) is 35.1 Å². The molecule has 0 spiro atoms. The molecule has 0 unspecified atom stereocenters. The molecule has 0 radical (unpaired) electrons. The Morgan fingerprint density at radius 1 is 1.27 bits per heavy atom. The number of urea groups is 1. The number of hydrogen-bond acceptors (Lipinski definition) is 4. The fourth-order valence-corrected chi connectivity index (χ4v) is 2.08. The molecule has 22 heavy (non-hydrogen) atoms. The van der Waals surface area contributed by atoms with Gasteiger partial charge in [-0.15, -0.1) is 10.2 Å². The summed E-state index contributed by atoms with van der Waals surface area (Å²) in [5, 5.41) is 13.3. The van der Waals surface area contributed by atoms with Crippen molar-refractivity contribution < 1.29 is 9.21 Å². The van der Waals surface area contributed by atoms with Gasteiger partial charge in [-0.1, -0.05) is 19.9 Å². The zero-order valence-electron chi connectivity index (χ0n) is 13.2. The van der Waals surface area contributed by atoms with Crippen molar-refractivity contribution in [2.24, 2.45) is 5.92 Å². The van der Waals surface area contributed by atoms with Crippen molar-refractivity contribution in [1.82, 2.24) is 15.5 Å². The molecule has 6 nitrogen and oxygen atoms in total. The number of nitrogens with zero attached hydrogens (tertiary/aromatic N) is 2. The van der Waals surface area contributed by atoms with E-state index in [-0.39, 0.29) is 12.1 Å². The van der Waals surface area contributed by atoms with Crippen LogP contribution in [0.25, 0.3) is 11.5 Å². The molecule has 6 heteroatoms. The molecule has 0 aliphatic carbocycles. The molecular formula is C16H22N4O2. The molecule has 1 heterocycles. The predicted octanol–water partition coefficient (Wildman–Crippen LogP) is 3.68. The van der Waals surface area contributed by atoms with Crippen LogP contribution in [0.5, 0.6) is 0 Å². The van der Waals surface area contributed by atoms with E-state index in [1.165, 1.54) is 6.39 Å². The molecule has 0 bridgehead atoms. The molecule has 0 saturated carbocycles. The van der Waals surface area contributed by atoms with E-state index in [0.29, 0.717) is 17.5 Å². The lowest BCUT2D eigenvalue weighted by Crippen LogP contribution is -2.36. The van der Waals surface area contributed by atoms with Crippen LogP contribution in [-0.4, -0.2) is 22.3 Å². The molecule has 1 atom stereocenters. The number of rotatable bonds is 6. The molecule has 1 aromatic heterocycles. The summed E-state index contributed by atoms with van der Waals surface area (Å²) in [5.41, 5.74) is 1.45. The van der Waals surface area contributed by atoms with Crippen molar-refractivity contribution in [3.8, 4) is 11.5 Å². The van der Waals surface area contributed by atoms with E-state index in [1.807, 2.05) is 25.1 Å². The van der Waals surface area contributed by atoms with Crippen LogP contribution in [0.2, 0.25) is 0 Å². The number of hydrogen-bond donors (Lipinski definition) is 2. The number of benzene rings is 1. The topological polar surface area (TPSA) is 80.0 Å². The van der Waals surface area contributed by atoms with Gasteiger partial charge in [0.15, 0.2) is 0 Å². The van der Waals surface area contributed by atoms with E-state index in [9.17, 15) is 4.79 Å². The van der Waals surface area contributed by atoms with Crippen LogP contribution in [0.1, 0.15) is 33.6 Å². The van der Waals surface area contributed by atoms with Gasteiger partial charge in [-0.3, -0.25) is 0 Å². The molecular weight excluding hydrogens is 280 g/mol. The summed E-state index contributed by atoms with van der Waals surface area (Å²) in [6.45, 7) is 6.36. The number of amides is 2. The third-order valence-corrected chi connectivity index (χ3v) is 3.28. The highest BCUT2D eigenvalue weighted by molar-refractivity contribution is 5.90. The van der Waals surface area contributed by atoms with Crippen molar-refractivity contribution >= 4 is 11.7 Å². The van der Waals surface area contributed by atoms with Gasteiger partial charge in [0.05, 0.1) is 0 Å². The maximum Gasteiger partial charge on any atom is 0.319 e. The van der Waals surface area contributed by atoms with Crippen molar-refractivity contribution in [2.75, 3.05) is 5.32 Å². The highest BCUT2D eigenvalue weighted by Gasteiger charge is 2.09. The second kappa shape index (κ2) is 7.59. The van der Waals surface area contributed by atoms with Crippen molar-refractivity contribution in [2.45, 2.75) is 39.7 Å². The minimum absolute atomic E-state index is 0.140. The second-order valence-corrected chi connectivity index (χ2v) is 5.80. The minimum Gasteiger partial charge on any atom is -0.423 e. The van der Waals surface area contributed by atoms with Crippen LogP contribution in [0.4, 0.5) is 10.5 Å². The Morgan fingerprint density at radius 2 is 2.09 bits per heavy atom. The van der Waals surface area contributed by atoms with Gasteiger partial charge in [0.1, 0.15) is 0 Å². The molecule has 118 valence electrons. The van der Waals surface area contributed by atoms with Gasteiger partial charge in [0.2, 0.25) is 12.3 Å². The minimum atomic E-state index is -0.209. The largest absolute Gasteiger partial charge is 0.423 e. The molecule has 2 amide bonds. The summed E-state index contributed by atoms with van der Waals surface area (Å²) >= 11 is 0. The van der Waals surface area contributed by atoms with E-state index in [4.69, 9.17) is 4.42 Å². The van der Waals surface area contributed by atoms with Gasteiger partial charge in [0.25, 0.3) is 0 Å². The molecule has 1 aromatic carbocycles. The number of aromatic nitrogens is 2. The first kappa shape index (κ1) is 16.0. The van der Waals surface area contributed by atoms with Crippen LogP contribution in [0.3, 0.4) is 0 Å². The fourth-order valence-electron chi connectivity index (χ4n) is 2.08. The highest BCUT2D eigenvalue weighted by Crippen LogP contribution is 2.20. The monoisotopic (exact) mass is 302 g/mol. The van der Waals surface area contributed by atoms with E-state index < -0.39 is 0 Å². The Balaban J connectivity index is 1.90. The Labute approximate surface area is 130 Å². The summed E-state index contributed by atoms with van der Waals surface area (Å²) in [7, 11) is 0. The average Bonchev–Trinajstić information content (AvgIpc) is 2.99. The van der Waals surface area contributed by atoms with E-state index in [1.54, 1.807) is 6.07 Å². The molecule has 0 fully saturated rings. The molecule has 2 N–H and O–H groups in total. The van der Waals surface area contributed by atoms with E-state index in [0.717, 1.165) is 18.4 Å². The quantitative estimate of drug-likeness (QED) is 0.853. The average molecular weight is 302 g/mol. The molecule has 0 saturated heterocycles. The number of nitrogens with one attached hydrogen (secondary N) is 2. The lowest BCUT2D eigenvalue weighted by atomic mass is 10.0. The van der Waals surface area contributed by atoms with Crippen molar-refractivity contribution in [3.63, 3.8) is 0 Å². The summed E-state index contributed by atoms with van der Waals surface area (Å²) in [6, 6.07) is 7.23. The third-order valence-electron chi connectivity index (χ3n) is 3.28. The van der Waals surface area contributed by atoms with Crippen LogP contribution >= 0.6 is 0 Å². The van der Waals surface area contributed by atoms with E-state index in [2.05, 4.69) is 34.7 Å². The fraction of sp³-hybridized carbons (Fsp3) is 0.438. The zero-order chi connectivity index (χ0) is 15.9. The van der Waals surface area contributed by atoms with Crippen LogP contribution in [-0.2, 0) is 0 Å². The Bertz CT molecular complexity index is 596. The Hall–Kier alpha value is -2.37. The Morgan fingerprint density at radius 3 is 2.77 bits per heavy atom.